The second kappa shape index (κ2) is 9.91. The zero-order chi connectivity index (χ0) is 20.6. The summed E-state index contributed by atoms with van der Waals surface area (Å²) in [6, 6.07) is 10.0. The molecule has 29 heavy (non-hydrogen) atoms. The van der Waals surface area contributed by atoms with Crippen molar-refractivity contribution in [3.05, 3.63) is 59.5 Å². The predicted octanol–water partition coefficient (Wildman–Crippen LogP) is 2.70. The maximum absolute atomic E-state index is 12.9. The molecular weight excluding hydrogens is 372 g/mol. The van der Waals surface area contributed by atoms with Gasteiger partial charge in [0.25, 0.3) is 11.8 Å². The van der Waals surface area contributed by atoms with Crippen LogP contribution in [0.2, 0.25) is 0 Å². The number of hydrogen-bond acceptors (Lipinski definition) is 5. The molecule has 2 amide bonds. The highest BCUT2D eigenvalue weighted by molar-refractivity contribution is 5.95. The van der Waals surface area contributed by atoms with E-state index in [1.54, 1.807) is 12.1 Å². The number of nitrogens with zero attached hydrogens (tertiary/aromatic N) is 1. The van der Waals surface area contributed by atoms with Gasteiger partial charge in [-0.15, -0.1) is 0 Å². The molecule has 2 heterocycles. The van der Waals surface area contributed by atoms with Crippen LogP contribution in [0.5, 0.6) is 0 Å². The Labute approximate surface area is 170 Å². The first-order valence-electron chi connectivity index (χ1n) is 9.94. The smallest absolute Gasteiger partial charge is 0.329 e. The third kappa shape index (κ3) is 5.25. The molecule has 0 saturated carbocycles. The van der Waals surface area contributed by atoms with Gasteiger partial charge in [0.05, 0.1) is 6.26 Å². The van der Waals surface area contributed by atoms with Crippen molar-refractivity contribution >= 4 is 17.8 Å². The van der Waals surface area contributed by atoms with Crippen LogP contribution in [-0.2, 0) is 27.3 Å². The number of ether oxygens (including phenoxy) is 1. The number of benzene rings is 1. The van der Waals surface area contributed by atoms with Crippen molar-refractivity contribution in [2.24, 2.45) is 0 Å². The minimum absolute atomic E-state index is 0.163. The van der Waals surface area contributed by atoms with Crippen LogP contribution in [0.4, 0.5) is 0 Å². The summed E-state index contributed by atoms with van der Waals surface area (Å²) < 4.78 is 10.5. The van der Waals surface area contributed by atoms with Gasteiger partial charge in [-0.1, -0.05) is 44.0 Å². The first-order valence-corrected chi connectivity index (χ1v) is 9.94. The molecule has 154 valence electrons. The van der Waals surface area contributed by atoms with Gasteiger partial charge in [0.2, 0.25) is 0 Å². The molecule has 0 fully saturated rings. The summed E-state index contributed by atoms with van der Waals surface area (Å²) in [6.07, 6.45) is 4.74. The molecule has 0 radical (unpaired) electrons. The third-order valence-corrected chi connectivity index (χ3v) is 4.96. The normalized spacial score (nSPS) is 15.5. The number of carbonyl (C=O) groups is 3. The van der Waals surface area contributed by atoms with Crippen LogP contribution in [0.25, 0.3) is 0 Å². The van der Waals surface area contributed by atoms with Gasteiger partial charge in [-0.05, 0) is 29.7 Å². The van der Waals surface area contributed by atoms with Gasteiger partial charge < -0.3 is 19.4 Å². The van der Waals surface area contributed by atoms with E-state index in [1.165, 1.54) is 11.2 Å². The monoisotopic (exact) mass is 398 g/mol. The Balaban J connectivity index is 1.66. The number of furan rings is 1. The summed E-state index contributed by atoms with van der Waals surface area (Å²) in [5, 5.41) is 2.74. The molecule has 0 unspecified atom stereocenters. The molecule has 7 heteroatoms. The fraction of sp³-hybridized carbons (Fsp3) is 0.409. The molecular formula is C22H26N2O5. The fourth-order valence-electron chi connectivity index (χ4n) is 3.38. The molecule has 1 N–H and O–H groups in total. The number of amides is 2. The lowest BCUT2D eigenvalue weighted by Gasteiger charge is -2.34. The zero-order valence-electron chi connectivity index (χ0n) is 16.6. The molecule has 2 aromatic rings. The van der Waals surface area contributed by atoms with E-state index in [0.717, 1.165) is 30.4 Å². The van der Waals surface area contributed by atoms with E-state index in [1.807, 2.05) is 24.3 Å². The zero-order valence-corrected chi connectivity index (χ0v) is 16.6. The highest BCUT2D eigenvalue weighted by Crippen LogP contribution is 2.26. The summed E-state index contributed by atoms with van der Waals surface area (Å²) in [6.45, 7) is 2.57. The first kappa shape index (κ1) is 20.6. The Hall–Kier alpha value is -3.09. The summed E-state index contributed by atoms with van der Waals surface area (Å²) in [4.78, 5) is 39.0. The maximum atomic E-state index is 12.9. The molecule has 1 atom stereocenters. The van der Waals surface area contributed by atoms with E-state index >= 15 is 0 Å². The first-order chi connectivity index (χ1) is 14.1. The summed E-state index contributed by atoms with van der Waals surface area (Å²) in [5.74, 6) is -1.15. The molecule has 7 nitrogen and oxygen atoms in total. The Bertz CT molecular complexity index is 847. The van der Waals surface area contributed by atoms with E-state index in [-0.39, 0.29) is 30.7 Å². The van der Waals surface area contributed by atoms with Gasteiger partial charge in [0, 0.05) is 19.5 Å². The van der Waals surface area contributed by atoms with Crippen molar-refractivity contribution < 1.29 is 23.5 Å². The molecule has 1 aliphatic heterocycles. The van der Waals surface area contributed by atoms with Crippen molar-refractivity contribution in [2.75, 3.05) is 13.2 Å². The third-order valence-electron chi connectivity index (χ3n) is 4.96. The second-order valence-corrected chi connectivity index (χ2v) is 7.06. The van der Waals surface area contributed by atoms with Crippen LogP contribution >= 0.6 is 0 Å². The van der Waals surface area contributed by atoms with Crippen molar-refractivity contribution in [3.63, 3.8) is 0 Å². The van der Waals surface area contributed by atoms with Crippen molar-refractivity contribution in [1.82, 2.24) is 10.2 Å². The van der Waals surface area contributed by atoms with Crippen molar-refractivity contribution in [1.29, 1.82) is 0 Å². The largest absolute Gasteiger partial charge is 0.459 e. The highest BCUT2D eigenvalue weighted by Gasteiger charge is 2.37. The number of fused-ring (bicyclic) bond motifs is 1. The Kier molecular flexibility index (Phi) is 7.05. The number of carbonyl (C=O) groups excluding carboxylic acids is 3. The van der Waals surface area contributed by atoms with Crippen LogP contribution < -0.4 is 5.32 Å². The van der Waals surface area contributed by atoms with E-state index in [9.17, 15) is 14.4 Å². The molecule has 0 spiro atoms. The molecule has 1 aliphatic rings. The lowest BCUT2D eigenvalue weighted by Crippen LogP contribution is -2.49. The van der Waals surface area contributed by atoms with E-state index in [2.05, 4.69) is 12.2 Å². The molecule has 1 aromatic heterocycles. The van der Waals surface area contributed by atoms with E-state index in [4.69, 9.17) is 9.15 Å². The van der Waals surface area contributed by atoms with Gasteiger partial charge >= 0.3 is 5.97 Å². The number of rotatable bonds is 8. The van der Waals surface area contributed by atoms with Crippen molar-refractivity contribution in [3.8, 4) is 0 Å². The van der Waals surface area contributed by atoms with E-state index in [0.29, 0.717) is 13.0 Å². The second-order valence-electron chi connectivity index (χ2n) is 7.06. The molecule has 0 aliphatic carbocycles. The van der Waals surface area contributed by atoms with Gasteiger partial charge in [0.15, 0.2) is 12.4 Å². The minimum atomic E-state index is -0.810. The van der Waals surface area contributed by atoms with Crippen LogP contribution in [0, 0.1) is 0 Å². The lowest BCUT2D eigenvalue weighted by molar-refractivity contribution is -0.153. The van der Waals surface area contributed by atoms with Crippen LogP contribution in [0.15, 0.2) is 47.1 Å². The molecule has 0 bridgehead atoms. The van der Waals surface area contributed by atoms with Crippen LogP contribution in [0.1, 0.15) is 47.9 Å². The Morgan fingerprint density at radius 2 is 1.93 bits per heavy atom. The summed E-state index contributed by atoms with van der Waals surface area (Å²) >= 11 is 0. The number of unbranched alkanes of at least 4 members (excludes halogenated alkanes) is 2. The summed E-state index contributed by atoms with van der Waals surface area (Å²) in [7, 11) is 0. The number of esters is 1. The number of nitrogens with one attached hydrogen (secondary N) is 1. The summed E-state index contributed by atoms with van der Waals surface area (Å²) in [5.41, 5.74) is 1.96. The fourth-order valence-corrected chi connectivity index (χ4v) is 3.38. The molecule has 0 saturated heterocycles. The van der Waals surface area contributed by atoms with Gasteiger partial charge in [-0.25, -0.2) is 4.79 Å². The lowest BCUT2D eigenvalue weighted by atomic mass is 9.93. The Morgan fingerprint density at radius 1 is 1.14 bits per heavy atom. The quantitative estimate of drug-likeness (QED) is 0.546. The highest BCUT2D eigenvalue weighted by atomic mass is 16.5. The number of hydrogen-bond donors (Lipinski definition) is 1. The molecule has 3 rings (SSSR count). The topological polar surface area (TPSA) is 88.9 Å². The SMILES string of the molecule is CCCCCNC(=O)COC(=O)[C@@H]1Cc2ccccc2CN1C(=O)c1ccco1. The van der Waals surface area contributed by atoms with E-state index < -0.39 is 12.0 Å². The predicted molar refractivity (Wildman–Crippen MR) is 106 cm³/mol. The Morgan fingerprint density at radius 3 is 2.66 bits per heavy atom. The average Bonchev–Trinajstić information content (AvgIpc) is 3.28. The van der Waals surface area contributed by atoms with Crippen LogP contribution in [-0.4, -0.2) is 41.9 Å². The van der Waals surface area contributed by atoms with Gasteiger partial charge in [0.1, 0.15) is 6.04 Å². The minimum Gasteiger partial charge on any atom is -0.459 e. The average molecular weight is 398 g/mol. The van der Waals surface area contributed by atoms with Crippen molar-refractivity contribution in [2.45, 2.75) is 45.2 Å². The maximum Gasteiger partial charge on any atom is 0.329 e. The van der Waals surface area contributed by atoms with Crippen LogP contribution in [0.3, 0.4) is 0 Å². The van der Waals surface area contributed by atoms with Gasteiger partial charge in [-0.2, -0.15) is 0 Å². The molecule has 1 aromatic carbocycles. The standard InChI is InChI=1S/C22H26N2O5/c1-2-3-6-11-23-20(25)15-29-22(27)18-13-16-8-4-5-9-17(16)14-24(18)21(26)19-10-7-12-28-19/h4-5,7-10,12,18H,2-3,6,11,13-15H2,1H3,(H,23,25)/t18-/m0/s1. The van der Waals surface area contributed by atoms with Gasteiger partial charge in [-0.3, -0.25) is 9.59 Å².